The van der Waals surface area contributed by atoms with Gasteiger partial charge in [-0.2, -0.15) is 0 Å². The first-order chi connectivity index (χ1) is 20.4. The Labute approximate surface area is 271 Å². The van der Waals surface area contributed by atoms with Gasteiger partial charge in [-0.1, -0.05) is 121 Å². The van der Waals surface area contributed by atoms with Crippen molar-refractivity contribution in [3.05, 3.63) is 0 Å². The first kappa shape index (κ1) is 46.5. The van der Waals surface area contributed by atoms with Crippen LogP contribution in [-0.2, 0) is 23.7 Å². The number of nitrogens with one attached hydrogen (secondary N) is 1. The summed E-state index contributed by atoms with van der Waals surface area (Å²) in [6.07, 6.45) is 15.5. The van der Waals surface area contributed by atoms with Gasteiger partial charge in [0.05, 0.1) is 27.2 Å². The number of unbranched alkanes of at least 4 members (excludes halogenated alkanes) is 9. The van der Waals surface area contributed by atoms with Crippen LogP contribution in [-0.4, -0.2) is 83.7 Å². The average Bonchev–Trinajstić information content (AvgIpc) is 3.41. The SMILES string of the molecule is CC.CCCCCCCCCCCCSSCCC(=O)NCCCOC1COCC1OC(C)C.COCC(C)C.[B]C. The number of amides is 1. The summed E-state index contributed by atoms with van der Waals surface area (Å²) in [6.45, 7) is 19.4. The molecule has 0 aromatic carbocycles. The maximum Gasteiger partial charge on any atom is 0.220 e. The number of hydrogen-bond donors (Lipinski definition) is 1. The molecule has 1 fully saturated rings. The maximum atomic E-state index is 11.9. The first-order valence-electron chi connectivity index (χ1n) is 16.8. The molecule has 42 heavy (non-hydrogen) atoms. The third kappa shape index (κ3) is 36.3. The van der Waals surface area contributed by atoms with E-state index >= 15 is 0 Å². The normalized spacial score (nSPS) is 15.8. The molecule has 0 aliphatic carbocycles. The quantitative estimate of drug-likeness (QED) is 0.0645. The van der Waals surface area contributed by atoms with E-state index in [1.807, 2.05) is 49.3 Å². The van der Waals surface area contributed by atoms with E-state index < -0.39 is 0 Å². The number of carbonyl (C=O) groups excluding carboxylic acids is 1. The summed E-state index contributed by atoms with van der Waals surface area (Å²) in [5, 5.41) is 2.99. The van der Waals surface area contributed by atoms with E-state index in [1.165, 1.54) is 76.8 Å². The van der Waals surface area contributed by atoms with E-state index in [2.05, 4.69) is 33.9 Å². The van der Waals surface area contributed by atoms with Gasteiger partial charge in [0.25, 0.3) is 0 Å². The van der Waals surface area contributed by atoms with Crippen LogP contribution in [0.5, 0.6) is 0 Å². The van der Waals surface area contributed by atoms with E-state index in [9.17, 15) is 4.79 Å². The number of carbonyl (C=O) groups is 1. The second-order valence-electron chi connectivity index (χ2n) is 10.8. The fraction of sp³-hybridized carbons (Fsp3) is 0.970. The molecular weight excluding hydrogens is 565 g/mol. The summed E-state index contributed by atoms with van der Waals surface area (Å²) >= 11 is 0. The van der Waals surface area contributed by atoms with Crippen molar-refractivity contribution in [2.45, 2.75) is 151 Å². The molecule has 2 atom stereocenters. The number of hydrogen-bond acceptors (Lipinski definition) is 7. The summed E-state index contributed by atoms with van der Waals surface area (Å²) in [7, 11) is 9.97. The van der Waals surface area contributed by atoms with Crippen molar-refractivity contribution in [3.8, 4) is 0 Å². The van der Waals surface area contributed by atoms with Gasteiger partial charge in [-0.25, -0.2) is 0 Å². The van der Waals surface area contributed by atoms with Crippen LogP contribution in [0.15, 0.2) is 0 Å². The highest BCUT2D eigenvalue weighted by atomic mass is 33.1. The van der Waals surface area contributed by atoms with Gasteiger partial charge in [0, 0.05) is 44.8 Å². The summed E-state index contributed by atoms with van der Waals surface area (Å²) < 4.78 is 21.9. The first-order valence-corrected chi connectivity index (χ1v) is 19.3. The van der Waals surface area contributed by atoms with Crippen molar-refractivity contribution in [2.24, 2.45) is 5.92 Å². The van der Waals surface area contributed by atoms with Gasteiger partial charge in [-0.15, -0.1) is 0 Å². The van der Waals surface area contributed by atoms with Crippen LogP contribution in [0.3, 0.4) is 0 Å². The highest BCUT2D eigenvalue weighted by molar-refractivity contribution is 8.76. The lowest BCUT2D eigenvalue weighted by Crippen LogP contribution is -2.33. The zero-order chi connectivity index (χ0) is 32.3. The summed E-state index contributed by atoms with van der Waals surface area (Å²) in [5.41, 5.74) is 0. The van der Waals surface area contributed by atoms with E-state index in [4.69, 9.17) is 18.9 Å². The Bertz CT molecular complexity index is 519. The lowest BCUT2D eigenvalue weighted by molar-refractivity contribution is -0.120. The van der Waals surface area contributed by atoms with Gasteiger partial charge >= 0.3 is 0 Å². The Kier molecular flexibility index (Phi) is 43.3. The lowest BCUT2D eigenvalue weighted by atomic mass is 10.1. The predicted molar refractivity (Wildman–Crippen MR) is 189 cm³/mol. The number of methoxy groups -OCH3 is 1. The van der Waals surface area contributed by atoms with E-state index in [0.29, 0.717) is 38.7 Å². The molecule has 0 aromatic rings. The maximum absolute atomic E-state index is 11.9. The number of ether oxygens (including phenoxy) is 4. The highest BCUT2D eigenvalue weighted by Crippen LogP contribution is 2.24. The molecular formula is C33H70BNO5S2. The Morgan fingerprint density at radius 2 is 1.40 bits per heavy atom. The van der Waals surface area contributed by atoms with Gasteiger partial charge in [0.2, 0.25) is 5.91 Å². The van der Waals surface area contributed by atoms with Gasteiger partial charge in [-0.3, -0.25) is 4.79 Å². The molecule has 9 heteroatoms. The van der Waals surface area contributed by atoms with Crippen molar-refractivity contribution in [1.29, 1.82) is 0 Å². The van der Waals surface area contributed by atoms with Gasteiger partial charge in [-0.05, 0) is 32.6 Å². The summed E-state index contributed by atoms with van der Waals surface area (Å²) in [6, 6.07) is 0. The van der Waals surface area contributed by atoms with Crippen LogP contribution in [0.1, 0.15) is 126 Å². The lowest BCUT2D eigenvalue weighted by Gasteiger charge is -2.21. The second kappa shape index (κ2) is 39.1. The molecule has 1 rings (SSSR count). The van der Waals surface area contributed by atoms with E-state index in [0.717, 1.165) is 18.8 Å². The van der Waals surface area contributed by atoms with Crippen molar-refractivity contribution in [2.75, 3.05) is 51.6 Å². The third-order valence-corrected chi connectivity index (χ3v) is 8.47. The van der Waals surface area contributed by atoms with E-state index in [-0.39, 0.29) is 24.2 Å². The third-order valence-electron chi connectivity index (χ3n) is 5.98. The standard InChI is InChI=1S/C25H49NO4S2.C5H12O.C2H6.CH3B/c1-4-5-6-7-8-9-10-11-12-13-18-31-32-19-15-25(27)26-16-14-17-29-23-20-28-21-24(23)30-22(2)3;1-5(2)4-6-3;2*1-2/h22-24H,4-21H2,1-3H3,(H,26,27);5H,4H2,1-3H3;1-2H3;1H3. The Balaban J connectivity index is -0.00000132. The zero-order valence-corrected chi connectivity index (χ0v) is 30.8. The van der Waals surface area contributed by atoms with Gasteiger partial charge in [0.15, 0.2) is 0 Å². The molecule has 1 saturated heterocycles. The fourth-order valence-corrected chi connectivity index (χ4v) is 6.14. The molecule has 1 heterocycles. The summed E-state index contributed by atoms with van der Waals surface area (Å²) in [5.74, 6) is 2.91. The highest BCUT2D eigenvalue weighted by Gasteiger charge is 2.30. The van der Waals surface area contributed by atoms with Gasteiger partial charge < -0.3 is 24.3 Å². The van der Waals surface area contributed by atoms with Crippen LogP contribution >= 0.6 is 21.6 Å². The largest absolute Gasteiger partial charge is 0.384 e. The molecule has 2 unspecified atom stereocenters. The minimum Gasteiger partial charge on any atom is -0.384 e. The number of rotatable bonds is 24. The van der Waals surface area contributed by atoms with Crippen molar-refractivity contribution in [3.63, 3.8) is 0 Å². The van der Waals surface area contributed by atoms with Crippen molar-refractivity contribution < 1.29 is 23.7 Å². The molecule has 1 aliphatic rings. The van der Waals surface area contributed by atoms with Crippen LogP contribution in [0.2, 0.25) is 6.82 Å². The summed E-state index contributed by atoms with van der Waals surface area (Å²) in [4.78, 5) is 11.9. The fourth-order valence-electron chi connectivity index (χ4n) is 4.00. The topological polar surface area (TPSA) is 66.0 Å². The minimum absolute atomic E-state index is 0.0112. The molecule has 0 aromatic heterocycles. The Hall–Kier alpha value is 0.0749. The molecule has 0 spiro atoms. The molecule has 2 radical (unpaired) electrons. The Morgan fingerprint density at radius 3 is 1.93 bits per heavy atom. The molecule has 1 N–H and O–H groups in total. The zero-order valence-electron chi connectivity index (χ0n) is 29.2. The molecule has 252 valence electrons. The smallest absolute Gasteiger partial charge is 0.220 e. The monoisotopic (exact) mass is 635 g/mol. The molecule has 1 amide bonds. The molecule has 6 nitrogen and oxygen atoms in total. The molecule has 0 saturated carbocycles. The average molecular weight is 636 g/mol. The Morgan fingerprint density at radius 1 is 0.857 bits per heavy atom. The van der Waals surface area contributed by atoms with Crippen molar-refractivity contribution >= 4 is 35.3 Å². The van der Waals surface area contributed by atoms with Crippen LogP contribution in [0.25, 0.3) is 0 Å². The molecule has 0 bridgehead atoms. The van der Waals surface area contributed by atoms with Crippen LogP contribution < -0.4 is 5.32 Å². The second-order valence-corrected chi connectivity index (χ2v) is 13.5. The van der Waals surface area contributed by atoms with Crippen LogP contribution in [0.4, 0.5) is 0 Å². The van der Waals surface area contributed by atoms with Gasteiger partial charge in [0.1, 0.15) is 12.2 Å². The predicted octanol–water partition coefficient (Wildman–Crippen LogP) is 8.91. The minimum atomic E-state index is 0.0112. The van der Waals surface area contributed by atoms with E-state index in [1.54, 1.807) is 7.11 Å². The van der Waals surface area contributed by atoms with Crippen LogP contribution in [0, 0.1) is 5.92 Å². The molecule has 1 aliphatic heterocycles. The van der Waals surface area contributed by atoms with Crippen molar-refractivity contribution in [1.82, 2.24) is 5.32 Å².